The standard InChI is InChI=1S/C26H36N4O4/c1-5-30-23-18-21(34-15-8-13-29(3)14-16-32-4)11-12-22(23)24(27)25(30)19-9-7-10-20(17-19)28-26(31)33-6-2/h7,9-12,17-18H,5-6,8,13-16,27H2,1-4H3,(H,28,31). The molecule has 0 radical (unpaired) electrons. The van der Waals surface area contributed by atoms with E-state index in [0.29, 0.717) is 24.6 Å². The monoisotopic (exact) mass is 468 g/mol. The first-order chi connectivity index (χ1) is 16.5. The lowest BCUT2D eigenvalue weighted by Gasteiger charge is -2.16. The molecular formula is C26H36N4O4. The lowest BCUT2D eigenvalue weighted by molar-refractivity contribution is 0.157. The number of nitrogens with zero attached hydrogens (tertiary/aromatic N) is 2. The molecule has 0 fully saturated rings. The Morgan fingerprint density at radius 3 is 2.68 bits per heavy atom. The van der Waals surface area contributed by atoms with Gasteiger partial charge in [-0.3, -0.25) is 5.32 Å². The molecule has 0 spiro atoms. The summed E-state index contributed by atoms with van der Waals surface area (Å²) in [6.45, 7) is 8.15. The number of hydrogen-bond donors (Lipinski definition) is 2. The number of carbonyl (C=O) groups excluding carboxylic acids is 1. The SMILES string of the molecule is CCOC(=O)Nc1cccc(-c2c(N)c3ccc(OCCCN(C)CCOC)cc3n2CC)c1. The third-order valence-electron chi connectivity index (χ3n) is 5.68. The van der Waals surface area contributed by atoms with Crippen LogP contribution in [-0.4, -0.2) is 62.6 Å². The number of amides is 1. The van der Waals surface area contributed by atoms with Crippen LogP contribution in [0.3, 0.4) is 0 Å². The average Bonchev–Trinajstić information content (AvgIpc) is 3.11. The number of aromatic nitrogens is 1. The number of nitrogens with one attached hydrogen (secondary N) is 1. The summed E-state index contributed by atoms with van der Waals surface area (Å²) in [5, 5.41) is 3.74. The highest BCUT2D eigenvalue weighted by molar-refractivity contribution is 6.02. The number of methoxy groups -OCH3 is 1. The van der Waals surface area contributed by atoms with E-state index in [1.807, 2.05) is 42.5 Å². The zero-order valence-electron chi connectivity index (χ0n) is 20.6. The van der Waals surface area contributed by atoms with E-state index in [-0.39, 0.29) is 0 Å². The average molecular weight is 469 g/mol. The second kappa shape index (κ2) is 12.3. The first-order valence-corrected chi connectivity index (χ1v) is 11.7. The minimum Gasteiger partial charge on any atom is -0.493 e. The van der Waals surface area contributed by atoms with Gasteiger partial charge in [-0.2, -0.15) is 0 Å². The van der Waals surface area contributed by atoms with Crippen LogP contribution in [0.1, 0.15) is 20.3 Å². The van der Waals surface area contributed by atoms with Crippen LogP contribution >= 0.6 is 0 Å². The Morgan fingerprint density at radius 1 is 1.12 bits per heavy atom. The lowest BCUT2D eigenvalue weighted by atomic mass is 10.1. The molecular weight excluding hydrogens is 432 g/mol. The molecule has 0 atom stereocenters. The van der Waals surface area contributed by atoms with Crippen molar-refractivity contribution >= 4 is 28.4 Å². The van der Waals surface area contributed by atoms with Crippen molar-refractivity contribution in [3.05, 3.63) is 42.5 Å². The van der Waals surface area contributed by atoms with Crippen LogP contribution in [0.2, 0.25) is 0 Å². The van der Waals surface area contributed by atoms with Crippen molar-refractivity contribution in [3.8, 4) is 17.0 Å². The molecule has 0 saturated carbocycles. The predicted octanol–water partition coefficient (Wildman–Crippen LogP) is 4.83. The summed E-state index contributed by atoms with van der Waals surface area (Å²) in [4.78, 5) is 14.1. The molecule has 3 aromatic rings. The maximum atomic E-state index is 11.8. The van der Waals surface area contributed by atoms with Crippen LogP contribution in [0.15, 0.2) is 42.5 Å². The molecule has 1 aromatic heterocycles. The molecule has 0 saturated heterocycles. The fraction of sp³-hybridized carbons (Fsp3) is 0.423. The van der Waals surface area contributed by atoms with Gasteiger partial charge in [0.25, 0.3) is 0 Å². The van der Waals surface area contributed by atoms with Crippen LogP contribution in [0, 0.1) is 0 Å². The first-order valence-electron chi connectivity index (χ1n) is 11.7. The third-order valence-corrected chi connectivity index (χ3v) is 5.68. The van der Waals surface area contributed by atoms with Crippen molar-refractivity contribution in [1.29, 1.82) is 0 Å². The predicted molar refractivity (Wildman–Crippen MR) is 138 cm³/mol. The van der Waals surface area contributed by atoms with Gasteiger partial charge in [0, 0.05) is 49.4 Å². The molecule has 184 valence electrons. The zero-order chi connectivity index (χ0) is 24.5. The number of ether oxygens (including phenoxy) is 3. The van der Waals surface area contributed by atoms with Gasteiger partial charge in [0.2, 0.25) is 0 Å². The number of carbonyl (C=O) groups is 1. The number of rotatable bonds is 12. The summed E-state index contributed by atoms with van der Waals surface area (Å²) in [5.41, 5.74) is 10.8. The third kappa shape index (κ3) is 6.21. The van der Waals surface area contributed by atoms with Gasteiger partial charge in [-0.25, -0.2) is 4.79 Å². The Balaban J connectivity index is 1.79. The molecule has 1 amide bonds. The largest absolute Gasteiger partial charge is 0.493 e. The number of aryl methyl sites for hydroxylation is 1. The van der Waals surface area contributed by atoms with Crippen LogP contribution in [0.5, 0.6) is 5.75 Å². The van der Waals surface area contributed by atoms with Gasteiger partial charge >= 0.3 is 6.09 Å². The Hall–Kier alpha value is -3.23. The molecule has 8 nitrogen and oxygen atoms in total. The fourth-order valence-electron chi connectivity index (χ4n) is 4.00. The molecule has 34 heavy (non-hydrogen) atoms. The van der Waals surface area contributed by atoms with Crippen LogP contribution in [0.4, 0.5) is 16.2 Å². The quantitative estimate of drug-likeness (QED) is 0.370. The molecule has 0 aliphatic rings. The number of nitrogens with two attached hydrogens (primary N) is 1. The van der Waals surface area contributed by atoms with Crippen LogP contribution in [0.25, 0.3) is 22.2 Å². The minimum atomic E-state index is -0.477. The van der Waals surface area contributed by atoms with Crippen molar-refractivity contribution in [2.45, 2.75) is 26.8 Å². The summed E-state index contributed by atoms with van der Waals surface area (Å²) in [6, 6.07) is 13.7. The maximum Gasteiger partial charge on any atom is 0.411 e. The van der Waals surface area contributed by atoms with Gasteiger partial charge in [0.1, 0.15) is 5.75 Å². The Kier molecular flexibility index (Phi) is 9.18. The van der Waals surface area contributed by atoms with Crippen molar-refractivity contribution in [2.24, 2.45) is 0 Å². The molecule has 3 rings (SSSR count). The van der Waals surface area contributed by atoms with E-state index >= 15 is 0 Å². The van der Waals surface area contributed by atoms with E-state index in [4.69, 9.17) is 19.9 Å². The molecule has 2 aromatic carbocycles. The van der Waals surface area contributed by atoms with E-state index in [0.717, 1.165) is 60.6 Å². The van der Waals surface area contributed by atoms with Gasteiger partial charge in [-0.15, -0.1) is 0 Å². The molecule has 0 aliphatic carbocycles. The normalized spacial score (nSPS) is 11.2. The second-order valence-corrected chi connectivity index (χ2v) is 8.11. The first kappa shape index (κ1) is 25.4. The Morgan fingerprint density at radius 2 is 1.94 bits per heavy atom. The number of benzene rings is 2. The van der Waals surface area contributed by atoms with E-state index in [1.54, 1.807) is 14.0 Å². The summed E-state index contributed by atoms with van der Waals surface area (Å²) in [7, 11) is 3.80. The molecule has 8 heteroatoms. The topological polar surface area (TPSA) is 91.0 Å². The Labute approximate surface area is 201 Å². The lowest BCUT2D eigenvalue weighted by Crippen LogP contribution is -2.25. The molecule has 0 bridgehead atoms. The van der Waals surface area contributed by atoms with Gasteiger partial charge in [0.15, 0.2) is 0 Å². The number of anilines is 2. The van der Waals surface area contributed by atoms with Crippen molar-refractivity contribution in [2.75, 3.05) is 58.1 Å². The smallest absolute Gasteiger partial charge is 0.411 e. The van der Waals surface area contributed by atoms with Gasteiger partial charge in [-0.1, -0.05) is 12.1 Å². The molecule has 0 aliphatic heterocycles. The Bertz CT molecular complexity index is 1100. The van der Waals surface area contributed by atoms with E-state index in [9.17, 15) is 4.79 Å². The van der Waals surface area contributed by atoms with Crippen LogP contribution < -0.4 is 15.8 Å². The maximum absolute atomic E-state index is 11.8. The van der Waals surface area contributed by atoms with Gasteiger partial charge < -0.3 is 29.4 Å². The second-order valence-electron chi connectivity index (χ2n) is 8.11. The molecule has 3 N–H and O–H groups in total. The zero-order valence-corrected chi connectivity index (χ0v) is 20.6. The van der Waals surface area contributed by atoms with Gasteiger partial charge in [-0.05, 0) is 51.6 Å². The number of fused-ring (bicyclic) bond motifs is 1. The fourth-order valence-corrected chi connectivity index (χ4v) is 4.00. The van der Waals surface area contributed by atoms with E-state index < -0.39 is 6.09 Å². The molecule has 1 heterocycles. The van der Waals surface area contributed by atoms with Crippen molar-refractivity contribution in [1.82, 2.24) is 9.47 Å². The van der Waals surface area contributed by atoms with Crippen LogP contribution in [-0.2, 0) is 16.0 Å². The van der Waals surface area contributed by atoms with Gasteiger partial charge in [0.05, 0.1) is 36.7 Å². The highest BCUT2D eigenvalue weighted by Gasteiger charge is 2.17. The summed E-state index contributed by atoms with van der Waals surface area (Å²) < 4.78 is 18.3. The summed E-state index contributed by atoms with van der Waals surface area (Å²) >= 11 is 0. The minimum absolute atomic E-state index is 0.317. The summed E-state index contributed by atoms with van der Waals surface area (Å²) in [6.07, 6.45) is 0.455. The molecule has 0 unspecified atom stereocenters. The highest BCUT2D eigenvalue weighted by atomic mass is 16.5. The van der Waals surface area contributed by atoms with Crippen molar-refractivity contribution in [3.63, 3.8) is 0 Å². The summed E-state index contributed by atoms with van der Waals surface area (Å²) in [5.74, 6) is 0.823. The number of nitrogen functional groups attached to an aromatic ring is 1. The number of likely N-dealkylation sites (N-methyl/N-ethyl adjacent to an activating group) is 1. The van der Waals surface area contributed by atoms with E-state index in [1.165, 1.54) is 0 Å². The van der Waals surface area contributed by atoms with E-state index in [2.05, 4.69) is 28.8 Å². The highest BCUT2D eigenvalue weighted by Crippen LogP contribution is 2.38. The number of hydrogen-bond acceptors (Lipinski definition) is 6. The van der Waals surface area contributed by atoms with Crippen molar-refractivity contribution < 1.29 is 19.0 Å².